The molecular formula is C17H18N2O6. The summed E-state index contributed by atoms with van der Waals surface area (Å²) in [6.07, 6.45) is 5.11. The van der Waals surface area contributed by atoms with E-state index in [0.29, 0.717) is 19.4 Å². The third-order valence-corrected chi connectivity index (χ3v) is 5.43. The first kappa shape index (κ1) is 15.9. The number of carbonyl (C=O) groups is 2. The molecule has 0 radical (unpaired) electrons. The van der Waals surface area contributed by atoms with Crippen LogP contribution in [0.3, 0.4) is 0 Å². The molecule has 8 nitrogen and oxygen atoms in total. The molecule has 1 aromatic rings. The van der Waals surface area contributed by atoms with Crippen molar-refractivity contribution in [3.05, 3.63) is 40.3 Å². The fourth-order valence-electron chi connectivity index (χ4n) is 4.42. The van der Waals surface area contributed by atoms with Gasteiger partial charge in [-0.3, -0.25) is 14.5 Å². The van der Waals surface area contributed by atoms with E-state index in [-0.39, 0.29) is 23.5 Å². The minimum atomic E-state index is -1.35. The number of hydrogen-bond donors (Lipinski definition) is 1. The summed E-state index contributed by atoms with van der Waals surface area (Å²) in [6, 6.07) is -0.557. The normalized spacial score (nSPS) is 29.8. The predicted molar refractivity (Wildman–Crippen MR) is 85.9 cm³/mol. The molecule has 25 heavy (non-hydrogen) atoms. The molecule has 1 aromatic heterocycles. The van der Waals surface area contributed by atoms with Crippen molar-refractivity contribution >= 4 is 11.9 Å². The zero-order valence-corrected chi connectivity index (χ0v) is 13.7. The Hall–Kier alpha value is -2.61. The topological polar surface area (TPSA) is 98.1 Å². The van der Waals surface area contributed by atoms with Crippen LogP contribution >= 0.6 is 0 Å². The minimum absolute atomic E-state index is 0.0809. The maximum absolute atomic E-state index is 13.2. The maximum Gasteiger partial charge on any atom is 0.341 e. The summed E-state index contributed by atoms with van der Waals surface area (Å²) < 4.78 is 12.8. The molecule has 3 aliphatic rings. The van der Waals surface area contributed by atoms with E-state index in [4.69, 9.17) is 9.47 Å². The van der Waals surface area contributed by atoms with Crippen LogP contribution in [0.25, 0.3) is 0 Å². The van der Waals surface area contributed by atoms with Gasteiger partial charge >= 0.3 is 5.97 Å². The van der Waals surface area contributed by atoms with Crippen LogP contribution in [-0.4, -0.2) is 51.9 Å². The maximum atomic E-state index is 13.2. The molecule has 4 rings (SSSR count). The fraction of sp³-hybridized carbons (Fsp3) is 0.471. The number of amides is 1. The highest BCUT2D eigenvalue weighted by Gasteiger charge is 2.61. The lowest BCUT2D eigenvalue weighted by Gasteiger charge is -2.46. The van der Waals surface area contributed by atoms with Crippen molar-refractivity contribution in [3.63, 3.8) is 0 Å². The largest absolute Gasteiger partial charge is 0.491 e. The van der Waals surface area contributed by atoms with E-state index < -0.39 is 28.6 Å². The zero-order chi connectivity index (χ0) is 17.9. The van der Waals surface area contributed by atoms with Crippen molar-refractivity contribution in [3.8, 4) is 5.75 Å². The Bertz CT molecular complexity index is 859. The summed E-state index contributed by atoms with van der Waals surface area (Å²) in [4.78, 5) is 38.8. The van der Waals surface area contributed by atoms with Crippen molar-refractivity contribution in [2.45, 2.75) is 37.1 Å². The second kappa shape index (κ2) is 5.19. The Balaban J connectivity index is 2.04. The first-order valence-corrected chi connectivity index (χ1v) is 8.13. The molecule has 0 bridgehead atoms. The van der Waals surface area contributed by atoms with Gasteiger partial charge < -0.3 is 19.1 Å². The first-order chi connectivity index (χ1) is 12.0. The third kappa shape index (κ3) is 1.82. The molecule has 132 valence electrons. The highest BCUT2D eigenvalue weighted by atomic mass is 16.5. The van der Waals surface area contributed by atoms with Crippen LogP contribution in [0.15, 0.2) is 23.6 Å². The Morgan fingerprint density at radius 1 is 1.52 bits per heavy atom. The number of hydrogen-bond acceptors (Lipinski definition) is 5. The van der Waals surface area contributed by atoms with Crippen LogP contribution in [0, 0.1) is 0 Å². The van der Waals surface area contributed by atoms with E-state index in [0.717, 1.165) is 6.42 Å². The molecule has 0 aromatic carbocycles. The van der Waals surface area contributed by atoms with Gasteiger partial charge in [-0.2, -0.15) is 0 Å². The van der Waals surface area contributed by atoms with Crippen molar-refractivity contribution in [2.75, 3.05) is 13.7 Å². The molecular weight excluding hydrogens is 328 g/mol. The van der Waals surface area contributed by atoms with Gasteiger partial charge in [-0.15, -0.1) is 6.58 Å². The average molecular weight is 346 g/mol. The standard InChI is InChI=1S/C17H18N2O6/c1-3-9-8-25-17-6-4-5-11(17)18-7-10(16(22)23)13(20)14(24-2)12(18)15(21)19(9)17/h3,7,9,11H,1,4-6,8H2,2H3,(H,22,23)/t9-,11+,17+/m1/s1. The van der Waals surface area contributed by atoms with E-state index in [1.807, 2.05) is 0 Å². The van der Waals surface area contributed by atoms with Gasteiger partial charge in [-0.05, 0) is 19.3 Å². The fourth-order valence-corrected chi connectivity index (χ4v) is 4.42. The first-order valence-electron chi connectivity index (χ1n) is 8.13. The number of pyridine rings is 1. The van der Waals surface area contributed by atoms with Crippen molar-refractivity contribution in [1.82, 2.24) is 9.47 Å². The number of methoxy groups -OCH3 is 1. The summed E-state index contributed by atoms with van der Waals surface area (Å²) in [5.41, 5.74) is -1.95. The summed E-state index contributed by atoms with van der Waals surface area (Å²) in [6.45, 7) is 4.11. The van der Waals surface area contributed by atoms with E-state index >= 15 is 0 Å². The number of ether oxygens (including phenoxy) is 2. The molecule has 1 amide bonds. The molecule has 1 saturated carbocycles. The molecule has 2 aliphatic heterocycles. The van der Waals surface area contributed by atoms with Gasteiger partial charge in [-0.25, -0.2) is 4.79 Å². The Morgan fingerprint density at radius 2 is 2.28 bits per heavy atom. The number of fused-ring (bicyclic) bond motifs is 2. The van der Waals surface area contributed by atoms with Crippen LogP contribution in [0.5, 0.6) is 5.75 Å². The van der Waals surface area contributed by atoms with Crippen molar-refractivity contribution in [2.24, 2.45) is 0 Å². The molecule has 2 fully saturated rings. The SMILES string of the molecule is C=C[C@@H]1CO[C@@]23CCC[C@@H]2n2cc(C(=O)O)c(=O)c(OC)c2C(=O)N13. The van der Waals surface area contributed by atoms with E-state index in [9.17, 15) is 19.5 Å². The highest BCUT2D eigenvalue weighted by Crippen LogP contribution is 2.52. The van der Waals surface area contributed by atoms with Gasteiger partial charge in [-0.1, -0.05) is 6.08 Å². The lowest BCUT2D eigenvalue weighted by atomic mass is 9.98. The van der Waals surface area contributed by atoms with Gasteiger partial charge in [0.25, 0.3) is 5.91 Å². The van der Waals surface area contributed by atoms with Gasteiger partial charge in [0.1, 0.15) is 5.56 Å². The van der Waals surface area contributed by atoms with E-state index in [2.05, 4.69) is 6.58 Å². The van der Waals surface area contributed by atoms with Gasteiger partial charge in [0.05, 0.1) is 25.8 Å². The molecule has 8 heteroatoms. The summed E-state index contributed by atoms with van der Waals surface area (Å²) >= 11 is 0. The number of aromatic carboxylic acids is 1. The monoisotopic (exact) mass is 346 g/mol. The summed E-state index contributed by atoms with van der Waals surface area (Å²) in [5, 5.41) is 9.35. The molecule has 3 atom stereocenters. The zero-order valence-electron chi connectivity index (χ0n) is 13.7. The highest BCUT2D eigenvalue weighted by molar-refractivity contribution is 5.98. The van der Waals surface area contributed by atoms with Gasteiger partial charge in [0, 0.05) is 6.20 Å². The van der Waals surface area contributed by atoms with Crippen LogP contribution in [0.1, 0.15) is 46.2 Å². The summed E-state index contributed by atoms with van der Waals surface area (Å²) in [5.74, 6) is -1.98. The minimum Gasteiger partial charge on any atom is -0.491 e. The molecule has 1 aliphatic carbocycles. The van der Waals surface area contributed by atoms with Crippen molar-refractivity contribution in [1.29, 1.82) is 0 Å². The lowest BCUT2D eigenvalue weighted by Crippen LogP contribution is -2.58. The molecule has 3 heterocycles. The molecule has 0 unspecified atom stereocenters. The second-order valence-corrected chi connectivity index (χ2v) is 6.51. The Kier molecular flexibility index (Phi) is 3.30. The number of carbonyl (C=O) groups excluding carboxylic acids is 1. The van der Waals surface area contributed by atoms with Gasteiger partial charge in [0.15, 0.2) is 17.2 Å². The second-order valence-electron chi connectivity index (χ2n) is 6.51. The number of carboxylic acid groups (broad SMARTS) is 1. The van der Waals surface area contributed by atoms with Crippen LogP contribution in [0.4, 0.5) is 0 Å². The van der Waals surface area contributed by atoms with Crippen LogP contribution in [-0.2, 0) is 4.74 Å². The summed E-state index contributed by atoms with van der Waals surface area (Å²) in [7, 11) is 1.26. The van der Waals surface area contributed by atoms with Gasteiger partial charge in [0.2, 0.25) is 5.43 Å². The number of carboxylic acids is 1. The smallest absolute Gasteiger partial charge is 0.341 e. The lowest BCUT2D eigenvalue weighted by molar-refractivity contribution is -0.100. The number of nitrogens with zero attached hydrogens (tertiary/aromatic N) is 2. The molecule has 1 N–H and O–H groups in total. The number of aromatic nitrogens is 1. The quantitative estimate of drug-likeness (QED) is 0.821. The third-order valence-electron chi connectivity index (χ3n) is 5.43. The average Bonchev–Trinajstić information content (AvgIpc) is 3.18. The Labute approximate surface area is 143 Å². The Morgan fingerprint density at radius 3 is 2.92 bits per heavy atom. The van der Waals surface area contributed by atoms with E-state index in [1.165, 1.54) is 13.3 Å². The van der Waals surface area contributed by atoms with Crippen LogP contribution < -0.4 is 10.2 Å². The molecule has 1 saturated heterocycles. The molecule has 1 spiro atoms. The number of rotatable bonds is 3. The van der Waals surface area contributed by atoms with Crippen molar-refractivity contribution < 1.29 is 24.2 Å². The van der Waals surface area contributed by atoms with Crippen LogP contribution in [0.2, 0.25) is 0 Å². The predicted octanol–water partition coefficient (Wildman–Crippen LogP) is 1.02. The van der Waals surface area contributed by atoms with E-state index in [1.54, 1.807) is 15.5 Å².